The molecule has 1 unspecified atom stereocenters. The van der Waals surface area contributed by atoms with Gasteiger partial charge in [-0.25, -0.2) is 4.98 Å². The summed E-state index contributed by atoms with van der Waals surface area (Å²) in [6.45, 7) is 10.4. The molecule has 0 bridgehead atoms. The fraction of sp³-hybridized carbons (Fsp3) is 0.450. The van der Waals surface area contributed by atoms with Crippen LogP contribution in [0.5, 0.6) is 5.75 Å². The predicted molar refractivity (Wildman–Crippen MR) is 108 cm³/mol. The molecule has 0 radical (unpaired) electrons. The number of aromatic nitrogens is 1. The van der Waals surface area contributed by atoms with Crippen LogP contribution in [0.3, 0.4) is 0 Å². The Morgan fingerprint density at radius 1 is 1.04 bits per heavy atom. The molecule has 3 nitrogen and oxygen atoms in total. The molecule has 0 aliphatic carbocycles. The van der Waals surface area contributed by atoms with E-state index < -0.39 is 0 Å². The molecule has 132 valence electrons. The van der Waals surface area contributed by atoms with E-state index in [1.807, 2.05) is 44.3 Å². The summed E-state index contributed by atoms with van der Waals surface area (Å²) >= 11 is 0. The van der Waals surface area contributed by atoms with Crippen molar-refractivity contribution >= 4 is 15.1 Å². The second-order valence-corrected chi connectivity index (χ2v) is 6.65. The van der Waals surface area contributed by atoms with E-state index in [1.165, 1.54) is 17.5 Å². The average Bonchev–Trinajstić information content (AvgIpc) is 3.05. The Kier molecular flexibility index (Phi) is 9.41. The monoisotopic (exact) mass is 346 g/mol. The minimum Gasteiger partial charge on any atom is -0.497 e. The zero-order chi connectivity index (χ0) is 17.9. The third kappa shape index (κ3) is 6.88. The van der Waals surface area contributed by atoms with Crippen molar-refractivity contribution in [1.29, 1.82) is 0 Å². The lowest BCUT2D eigenvalue weighted by Gasteiger charge is -2.16. The Bertz CT molecular complexity index is 569. The van der Waals surface area contributed by atoms with Gasteiger partial charge in [-0.15, -0.1) is 9.24 Å². The number of rotatable bonds is 2. The van der Waals surface area contributed by atoms with Crippen molar-refractivity contribution in [3.05, 3.63) is 53.7 Å². The first-order valence-corrected chi connectivity index (χ1v) is 9.29. The Labute approximate surface area is 149 Å². The SMILES string of the molecule is CC.COc1ccc(C)cc1.Cc1ccc(N2CC[C@@H](P)C2)nc1. The van der Waals surface area contributed by atoms with Crippen molar-refractivity contribution in [1.82, 2.24) is 4.98 Å². The van der Waals surface area contributed by atoms with Gasteiger partial charge in [0, 0.05) is 19.3 Å². The van der Waals surface area contributed by atoms with Crippen LogP contribution in [-0.2, 0) is 0 Å². The molecule has 2 heterocycles. The highest BCUT2D eigenvalue weighted by molar-refractivity contribution is 7.17. The summed E-state index contributed by atoms with van der Waals surface area (Å²) < 4.78 is 4.97. The first kappa shape index (κ1) is 20.4. The molecule has 0 amide bonds. The summed E-state index contributed by atoms with van der Waals surface area (Å²) in [6.07, 6.45) is 3.20. The Morgan fingerprint density at radius 2 is 1.67 bits per heavy atom. The highest BCUT2D eigenvalue weighted by atomic mass is 31.0. The molecule has 0 spiro atoms. The molecule has 2 atom stereocenters. The Morgan fingerprint density at radius 3 is 2.12 bits per heavy atom. The summed E-state index contributed by atoms with van der Waals surface area (Å²) in [7, 11) is 4.56. The number of ether oxygens (including phenoxy) is 1. The molecule has 4 heteroatoms. The molecule has 1 fully saturated rings. The maximum absolute atomic E-state index is 4.97. The molecule has 0 N–H and O–H groups in total. The summed E-state index contributed by atoms with van der Waals surface area (Å²) in [4.78, 5) is 6.76. The van der Waals surface area contributed by atoms with E-state index in [-0.39, 0.29) is 0 Å². The molecular formula is C20H31N2OP. The second kappa shape index (κ2) is 11.0. The van der Waals surface area contributed by atoms with Crippen molar-refractivity contribution in [3.63, 3.8) is 0 Å². The summed E-state index contributed by atoms with van der Waals surface area (Å²) in [5, 5.41) is 0. The molecule has 2 aromatic rings. The van der Waals surface area contributed by atoms with Gasteiger partial charge in [-0.3, -0.25) is 0 Å². The van der Waals surface area contributed by atoms with E-state index in [0.717, 1.165) is 30.3 Å². The van der Waals surface area contributed by atoms with Crippen LogP contribution in [0.4, 0.5) is 5.82 Å². The minimum absolute atomic E-state index is 0.739. The van der Waals surface area contributed by atoms with Gasteiger partial charge in [-0.1, -0.05) is 37.6 Å². The summed E-state index contributed by atoms with van der Waals surface area (Å²) in [5.74, 6) is 2.04. The Hall–Kier alpha value is -1.60. The van der Waals surface area contributed by atoms with E-state index >= 15 is 0 Å². The van der Waals surface area contributed by atoms with Crippen LogP contribution in [0, 0.1) is 13.8 Å². The normalized spacial score (nSPS) is 15.8. The molecule has 1 aliphatic rings. The van der Waals surface area contributed by atoms with Gasteiger partial charge in [-0.2, -0.15) is 0 Å². The van der Waals surface area contributed by atoms with E-state index in [9.17, 15) is 0 Å². The van der Waals surface area contributed by atoms with Gasteiger partial charge in [0.15, 0.2) is 0 Å². The topological polar surface area (TPSA) is 25.4 Å². The fourth-order valence-corrected chi connectivity index (χ4v) is 2.72. The van der Waals surface area contributed by atoms with Crippen molar-refractivity contribution < 1.29 is 4.74 Å². The molecule has 1 saturated heterocycles. The maximum atomic E-state index is 4.97. The smallest absolute Gasteiger partial charge is 0.128 e. The van der Waals surface area contributed by atoms with E-state index in [2.05, 4.69) is 45.1 Å². The van der Waals surface area contributed by atoms with Crippen LogP contribution in [0.15, 0.2) is 42.6 Å². The van der Waals surface area contributed by atoms with E-state index in [1.54, 1.807) is 7.11 Å². The number of benzene rings is 1. The first-order chi connectivity index (χ1) is 11.6. The lowest BCUT2D eigenvalue weighted by atomic mass is 10.2. The zero-order valence-corrected chi connectivity index (χ0v) is 16.8. The molecule has 1 aromatic heterocycles. The predicted octanol–water partition coefficient (Wildman–Crippen LogP) is 4.87. The highest BCUT2D eigenvalue weighted by Gasteiger charge is 2.19. The quantitative estimate of drug-likeness (QED) is 0.725. The van der Waals surface area contributed by atoms with E-state index in [4.69, 9.17) is 4.74 Å². The lowest BCUT2D eigenvalue weighted by Crippen LogP contribution is -2.20. The molecule has 0 saturated carbocycles. The minimum atomic E-state index is 0.739. The van der Waals surface area contributed by atoms with Crippen molar-refractivity contribution in [2.45, 2.75) is 39.8 Å². The third-order valence-corrected chi connectivity index (χ3v) is 4.25. The van der Waals surface area contributed by atoms with Crippen LogP contribution < -0.4 is 9.64 Å². The molecular weight excluding hydrogens is 315 g/mol. The summed E-state index contributed by atoms with van der Waals surface area (Å²) in [6, 6.07) is 12.2. The van der Waals surface area contributed by atoms with Gasteiger partial charge in [0.1, 0.15) is 11.6 Å². The van der Waals surface area contributed by atoms with Crippen LogP contribution in [-0.4, -0.2) is 30.8 Å². The number of nitrogens with zero attached hydrogens (tertiary/aromatic N) is 2. The number of anilines is 1. The van der Waals surface area contributed by atoms with Crippen molar-refractivity contribution in [3.8, 4) is 5.75 Å². The summed E-state index contributed by atoms with van der Waals surface area (Å²) in [5.41, 5.74) is 3.23. The van der Waals surface area contributed by atoms with Crippen LogP contribution in [0.1, 0.15) is 31.4 Å². The second-order valence-electron chi connectivity index (χ2n) is 5.71. The van der Waals surface area contributed by atoms with Gasteiger partial charge in [-0.05, 0) is 49.7 Å². The lowest BCUT2D eigenvalue weighted by molar-refractivity contribution is 0.414. The average molecular weight is 346 g/mol. The maximum Gasteiger partial charge on any atom is 0.128 e. The molecule has 3 rings (SSSR count). The molecule has 1 aromatic carbocycles. The van der Waals surface area contributed by atoms with Crippen LogP contribution in [0.2, 0.25) is 0 Å². The molecule has 24 heavy (non-hydrogen) atoms. The van der Waals surface area contributed by atoms with Gasteiger partial charge >= 0.3 is 0 Å². The van der Waals surface area contributed by atoms with Gasteiger partial charge < -0.3 is 9.64 Å². The van der Waals surface area contributed by atoms with Gasteiger partial charge in [0.25, 0.3) is 0 Å². The number of aryl methyl sites for hydroxylation is 2. The van der Waals surface area contributed by atoms with E-state index in [0.29, 0.717) is 0 Å². The molecule has 1 aliphatic heterocycles. The fourth-order valence-electron chi connectivity index (χ4n) is 2.32. The van der Waals surface area contributed by atoms with Crippen molar-refractivity contribution in [2.75, 3.05) is 25.1 Å². The number of hydrogen-bond donors (Lipinski definition) is 0. The number of methoxy groups -OCH3 is 1. The largest absolute Gasteiger partial charge is 0.497 e. The van der Waals surface area contributed by atoms with Crippen molar-refractivity contribution in [2.24, 2.45) is 0 Å². The standard InChI is InChI=1S/C10H15N2P.C8H10O.C2H6/c1-8-2-3-10(11-6-8)12-5-4-9(13)7-12;1-7-3-5-8(9-2)6-4-7;1-2/h2-3,6,9H,4-5,7,13H2,1H3;3-6H,1-2H3;1-2H3/t9-;;/m1../s1. The van der Waals surface area contributed by atoms with Crippen LogP contribution in [0.25, 0.3) is 0 Å². The number of pyridine rings is 1. The zero-order valence-electron chi connectivity index (χ0n) is 15.6. The number of hydrogen-bond acceptors (Lipinski definition) is 3. The van der Waals surface area contributed by atoms with Gasteiger partial charge in [0.05, 0.1) is 7.11 Å². The van der Waals surface area contributed by atoms with Gasteiger partial charge in [0.2, 0.25) is 0 Å². The van der Waals surface area contributed by atoms with Crippen LogP contribution >= 0.6 is 9.24 Å². The highest BCUT2D eigenvalue weighted by Crippen LogP contribution is 2.22. The third-order valence-electron chi connectivity index (χ3n) is 3.70. The Balaban J connectivity index is 0.000000230. The first-order valence-electron chi connectivity index (χ1n) is 8.62.